The maximum atomic E-state index is 11.4. The van der Waals surface area contributed by atoms with Crippen molar-refractivity contribution < 1.29 is 9.53 Å². The van der Waals surface area contributed by atoms with E-state index in [0.29, 0.717) is 19.5 Å². The summed E-state index contributed by atoms with van der Waals surface area (Å²) in [6.07, 6.45) is 0.0913. The van der Waals surface area contributed by atoms with E-state index in [0.717, 1.165) is 0 Å². The van der Waals surface area contributed by atoms with Crippen molar-refractivity contribution in [1.29, 1.82) is 5.26 Å². The molecule has 0 aliphatic rings. The van der Waals surface area contributed by atoms with Gasteiger partial charge in [-0.15, -0.1) is 11.3 Å². The highest BCUT2D eigenvalue weighted by Crippen LogP contribution is 2.08. The van der Waals surface area contributed by atoms with E-state index in [1.54, 1.807) is 11.3 Å². The van der Waals surface area contributed by atoms with Gasteiger partial charge in [0.25, 0.3) is 0 Å². The van der Waals surface area contributed by atoms with Gasteiger partial charge in [-0.1, -0.05) is 6.07 Å². The van der Waals surface area contributed by atoms with Crippen LogP contribution in [0.15, 0.2) is 17.5 Å². The van der Waals surface area contributed by atoms with Crippen LogP contribution in [-0.4, -0.2) is 24.3 Å². The molecular formula is C14H21N3O2S. The van der Waals surface area contributed by atoms with Crippen molar-refractivity contribution in [3.8, 4) is 6.07 Å². The molecule has 0 spiro atoms. The van der Waals surface area contributed by atoms with Gasteiger partial charge in [-0.05, 0) is 38.6 Å². The Morgan fingerprint density at radius 2 is 2.30 bits per heavy atom. The number of amides is 1. The molecule has 0 bridgehead atoms. The first kappa shape index (κ1) is 16.5. The molecule has 0 radical (unpaired) electrons. The first-order valence-electron chi connectivity index (χ1n) is 6.53. The maximum Gasteiger partial charge on any atom is 0.407 e. The van der Waals surface area contributed by atoms with E-state index in [4.69, 9.17) is 10.00 Å². The summed E-state index contributed by atoms with van der Waals surface area (Å²) in [5.41, 5.74) is -0.504. The Balaban J connectivity index is 2.21. The Bertz CT molecular complexity index is 446. The van der Waals surface area contributed by atoms with Crippen LogP contribution in [0.3, 0.4) is 0 Å². The van der Waals surface area contributed by atoms with E-state index in [2.05, 4.69) is 16.7 Å². The molecule has 1 amide bonds. The van der Waals surface area contributed by atoms with Crippen LogP contribution in [0.5, 0.6) is 0 Å². The number of nitrogens with one attached hydrogen (secondary N) is 2. The van der Waals surface area contributed by atoms with Crippen LogP contribution in [0.25, 0.3) is 0 Å². The summed E-state index contributed by atoms with van der Waals surface area (Å²) in [5, 5.41) is 16.9. The summed E-state index contributed by atoms with van der Waals surface area (Å²) in [6, 6.07) is 5.90. The van der Waals surface area contributed by atoms with Gasteiger partial charge in [0, 0.05) is 18.0 Å². The fourth-order valence-electron chi connectivity index (χ4n) is 1.48. The third kappa shape index (κ3) is 7.12. The number of carbonyl (C=O) groups excluding carboxylic acids is 1. The number of ether oxygens (including phenoxy) is 1. The predicted octanol–water partition coefficient (Wildman–Crippen LogP) is 2.64. The minimum absolute atomic E-state index is 0.285. The van der Waals surface area contributed by atoms with E-state index in [-0.39, 0.29) is 6.04 Å². The molecule has 110 valence electrons. The van der Waals surface area contributed by atoms with Gasteiger partial charge >= 0.3 is 6.09 Å². The summed E-state index contributed by atoms with van der Waals surface area (Å²) in [4.78, 5) is 12.6. The highest BCUT2D eigenvalue weighted by Gasteiger charge is 2.16. The summed E-state index contributed by atoms with van der Waals surface area (Å²) in [5.74, 6) is 0. The predicted molar refractivity (Wildman–Crippen MR) is 79.4 cm³/mol. The van der Waals surface area contributed by atoms with Crippen LogP contribution >= 0.6 is 11.3 Å². The normalized spacial score (nSPS) is 12.5. The second-order valence-corrected chi connectivity index (χ2v) is 6.39. The molecule has 1 atom stereocenters. The van der Waals surface area contributed by atoms with Gasteiger partial charge in [0.15, 0.2) is 0 Å². The molecule has 6 heteroatoms. The van der Waals surface area contributed by atoms with Gasteiger partial charge in [0.1, 0.15) is 5.60 Å². The zero-order chi connectivity index (χ0) is 15.0. The second-order valence-electron chi connectivity index (χ2n) is 5.36. The molecule has 1 unspecified atom stereocenters. The van der Waals surface area contributed by atoms with Crippen molar-refractivity contribution in [3.63, 3.8) is 0 Å². The van der Waals surface area contributed by atoms with Gasteiger partial charge in [-0.25, -0.2) is 4.79 Å². The van der Waals surface area contributed by atoms with Crippen LogP contribution < -0.4 is 10.6 Å². The highest BCUT2D eigenvalue weighted by molar-refractivity contribution is 7.09. The molecule has 0 aliphatic heterocycles. The number of rotatable bonds is 6. The van der Waals surface area contributed by atoms with E-state index < -0.39 is 11.7 Å². The molecule has 0 saturated heterocycles. The Labute approximate surface area is 123 Å². The molecule has 1 aromatic heterocycles. The fraction of sp³-hybridized carbons (Fsp3) is 0.571. The van der Waals surface area contributed by atoms with Crippen molar-refractivity contribution in [2.24, 2.45) is 0 Å². The van der Waals surface area contributed by atoms with Crippen LogP contribution in [0.1, 0.15) is 32.1 Å². The van der Waals surface area contributed by atoms with Crippen molar-refractivity contribution in [2.45, 2.75) is 45.4 Å². The summed E-state index contributed by atoms with van der Waals surface area (Å²) < 4.78 is 5.12. The molecule has 0 fully saturated rings. The van der Waals surface area contributed by atoms with Crippen molar-refractivity contribution >= 4 is 17.4 Å². The molecule has 0 aliphatic carbocycles. The topological polar surface area (TPSA) is 74.1 Å². The van der Waals surface area contributed by atoms with Crippen LogP contribution in [0.4, 0.5) is 4.79 Å². The average Bonchev–Trinajstić information content (AvgIpc) is 2.84. The number of carbonyl (C=O) groups is 1. The summed E-state index contributed by atoms with van der Waals surface area (Å²) >= 11 is 1.65. The zero-order valence-electron chi connectivity index (χ0n) is 12.1. The third-order valence-corrected chi connectivity index (χ3v) is 3.24. The lowest BCUT2D eigenvalue weighted by atomic mass is 10.2. The summed E-state index contributed by atoms with van der Waals surface area (Å²) in [6.45, 7) is 6.51. The number of hydrogen-bond acceptors (Lipinski definition) is 5. The van der Waals surface area contributed by atoms with Crippen molar-refractivity contribution in [1.82, 2.24) is 10.6 Å². The van der Waals surface area contributed by atoms with E-state index in [1.165, 1.54) is 4.88 Å². The van der Waals surface area contributed by atoms with Gasteiger partial charge < -0.3 is 10.1 Å². The molecule has 5 nitrogen and oxygen atoms in total. The molecule has 20 heavy (non-hydrogen) atoms. The monoisotopic (exact) mass is 295 g/mol. The number of alkyl carbamates (subject to hydrolysis) is 1. The quantitative estimate of drug-likeness (QED) is 0.846. The lowest BCUT2D eigenvalue weighted by Gasteiger charge is -2.20. The van der Waals surface area contributed by atoms with Gasteiger partial charge in [-0.2, -0.15) is 5.26 Å². The molecular weight excluding hydrogens is 274 g/mol. The average molecular weight is 295 g/mol. The highest BCUT2D eigenvalue weighted by atomic mass is 32.1. The molecule has 0 saturated carbocycles. The van der Waals surface area contributed by atoms with Crippen LogP contribution in [0.2, 0.25) is 0 Å². The molecule has 0 aromatic carbocycles. The Morgan fingerprint density at radius 3 is 2.85 bits per heavy atom. The van der Waals surface area contributed by atoms with Crippen LogP contribution in [0, 0.1) is 11.3 Å². The number of nitriles is 1. The number of nitrogens with zero attached hydrogens (tertiary/aromatic N) is 1. The van der Waals surface area contributed by atoms with E-state index >= 15 is 0 Å². The smallest absolute Gasteiger partial charge is 0.407 e. The van der Waals surface area contributed by atoms with E-state index in [1.807, 2.05) is 38.3 Å². The van der Waals surface area contributed by atoms with Gasteiger partial charge in [0.2, 0.25) is 0 Å². The third-order valence-electron chi connectivity index (χ3n) is 2.36. The maximum absolute atomic E-state index is 11.4. The standard InChI is InChI=1S/C14H21N3O2S/c1-14(2,3)19-13(18)16-7-6-11(9-15)17-10-12-5-4-8-20-12/h4-5,8,11,17H,6-7,10H2,1-3H3,(H,16,18). The Morgan fingerprint density at radius 1 is 1.55 bits per heavy atom. The van der Waals surface area contributed by atoms with Crippen LogP contribution in [-0.2, 0) is 11.3 Å². The first-order valence-corrected chi connectivity index (χ1v) is 7.41. The number of thiophene rings is 1. The first-order chi connectivity index (χ1) is 9.40. The largest absolute Gasteiger partial charge is 0.444 e. The van der Waals surface area contributed by atoms with Crippen molar-refractivity contribution in [3.05, 3.63) is 22.4 Å². The minimum atomic E-state index is -0.504. The Hall–Kier alpha value is -1.58. The zero-order valence-corrected chi connectivity index (χ0v) is 12.9. The van der Waals surface area contributed by atoms with Crippen molar-refractivity contribution in [2.75, 3.05) is 6.54 Å². The second kappa shape index (κ2) is 7.88. The van der Waals surface area contributed by atoms with E-state index in [9.17, 15) is 4.79 Å². The van der Waals surface area contributed by atoms with Gasteiger partial charge in [-0.3, -0.25) is 5.32 Å². The summed E-state index contributed by atoms with van der Waals surface area (Å²) in [7, 11) is 0. The molecule has 1 heterocycles. The lowest BCUT2D eigenvalue weighted by Crippen LogP contribution is -2.36. The minimum Gasteiger partial charge on any atom is -0.444 e. The fourth-order valence-corrected chi connectivity index (χ4v) is 2.14. The molecule has 1 aromatic rings. The SMILES string of the molecule is CC(C)(C)OC(=O)NCCC(C#N)NCc1cccs1. The number of hydrogen-bond donors (Lipinski definition) is 2. The molecule has 1 rings (SSSR count). The Kier molecular flexibility index (Phi) is 6.49. The van der Waals surface area contributed by atoms with Gasteiger partial charge in [0.05, 0.1) is 12.1 Å². The lowest BCUT2D eigenvalue weighted by molar-refractivity contribution is 0.0526. The molecule has 2 N–H and O–H groups in total.